The number of hydrogen-bond acceptors (Lipinski definition) is 5. The van der Waals surface area contributed by atoms with Crippen LogP contribution in [0.4, 0.5) is 0 Å². The molecule has 0 spiro atoms. The first-order valence-electron chi connectivity index (χ1n) is 10.8. The van der Waals surface area contributed by atoms with Gasteiger partial charge >= 0.3 is 0 Å². The highest BCUT2D eigenvalue weighted by molar-refractivity contribution is 4.92. The summed E-state index contributed by atoms with van der Waals surface area (Å²) in [7, 11) is 0. The molecular weight excluding hydrogens is 354 g/mol. The fourth-order valence-electron chi connectivity index (χ4n) is 2.60. The van der Waals surface area contributed by atoms with Crippen LogP contribution in [-0.4, -0.2) is 54.6 Å². The quantitative estimate of drug-likeness (QED) is 0.407. The maximum Gasteiger partial charge on any atom is 0.0827 e. The molecule has 6 nitrogen and oxygen atoms in total. The van der Waals surface area contributed by atoms with E-state index in [1.54, 1.807) is 0 Å². The molecule has 1 heterocycles. The van der Waals surface area contributed by atoms with E-state index in [-0.39, 0.29) is 0 Å². The molecule has 164 valence electrons. The summed E-state index contributed by atoms with van der Waals surface area (Å²) in [6.07, 6.45) is 7.76. The second-order valence-corrected chi connectivity index (χ2v) is 9.89. The molecule has 0 N–H and O–H groups in total. The van der Waals surface area contributed by atoms with Gasteiger partial charge in [0.25, 0.3) is 0 Å². The number of hydrogen-bond donors (Lipinski definition) is 0. The Morgan fingerprint density at radius 1 is 0.750 bits per heavy atom. The standard InChI is InChI=1S/C22H43N3O3/c1-21(2,3)10-8-7-9-20-19-25(24-23-20)12-14-27-16-18-28-17-15-26-13-11-22(4,5)6/h19H,7-18H2,1-6H3. The van der Waals surface area contributed by atoms with Gasteiger partial charge in [0, 0.05) is 12.8 Å². The Morgan fingerprint density at radius 2 is 1.32 bits per heavy atom. The van der Waals surface area contributed by atoms with Gasteiger partial charge < -0.3 is 14.2 Å². The second kappa shape index (κ2) is 13.3. The predicted octanol–water partition coefficient (Wildman–Crippen LogP) is 4.52. The monoisotopic (exact) mass is 397 g/mol. The van der Waals surface area contributed by atoms with E-state index in [1.807, 2.05) is 10.9 Å². The largest absolute Gasteiger partial charge is 0.379 e. The van der Waals surface area contributed by atoms with E-state index in [0.717, 1.165) is 31.7 Å². The van der Waals surface area contributed by atoms with Crippen LogP contribution in [0.1, 0.15) is 72.9 Å². The van der Waals surface area contributed by atoms with Crippen LogP contribution in [0.5, 0.6) is 0 Å². The lowest BCUT2D eigenvalue weighted by atomic mass is 9.89. The Hall–Kier alpha value is -0.980. The van der Waals surface area contributed by atoms with Crippen LogP contribution < -0.4 is 0 Å². The molecular formula is C22H43N3O3. The summed E-state index contributed by atoms with van der Waals surface area (Å²) in [5.41, 5.74) is 1.81. The maximum atomic E-state index is 5.60. The molecule has 0 aromatic carbocycles. The molecule has 1 rings (SSSR count). The van der Waals surface area contributed by atoms with Crippen molar-refractivity contribution in [2.45, 2.75) is 80.2 Å². The highest BCUT2D eigenvalue weighted by atomic mass is 16.5. The molecule has 0 radical (unpaired) electrons. The van der Waals surface area contributed by atoms with E-state index in [1.165, 1.54) is 19.3 Å². The first-order chi connectivity index (χ1) is 13.2. The molecule has 0 aliphatic rings. The van der Waals surface area contributed by atoms with Crippen molar-refractivity contribution >= 4 is 0 Å². The van der Waals surface area contributed by atoms with Crippen LogP contribution in [0.3, 0.4) is 0 Å². The first-order valence-corrected chi connectivity index (χ1v) is 10.8. The number of nitrogens with zero attached hydrogens (tertiary/aromatic N) is 3. The zero-order chi connectivity index (χ0) is 20.9. The van der Waals surface area contributed by atoms with Crippen LogP contribution in [0.2, 0.25) is 0 Å². The van der Waals surface area contributed by atoms with Crippen molar-refractivity contribution in [2.75, 3.05) is 39.6 Å². The summed E-state index contributed by atoms with van der Waals surface area (Å²) in [5.74, 6) is 0. The summed E-state index contributed by atoms with van der Waals surface area (Å²) in [6.45, 7) is 18.1. The smallest absolute Gasteiger partial charge is 0.0827 e. The molecule has 1 aromatic rings. The number of aromatic nitrogens is 3. The van der Waals surface area contributed by atoms with Crippen molar-refractivity contribution in [1.29, 1.82) is 0 Å². The van der Waals surface area contributed by atoms with E-state index in [9.17, 15) is 0 Å². The van der Waals surface area contributed by atoms with Crippen molar-refractivity contribution in [3.05, 3.63) is 11.9 Å². The van der Waals surface area contributed by atoms with Gasteiger partial charge in [0.1, 0.15) is 0 Å². The van der Waals surface area contributed by atoms with Gasteiger partial charge in [-0.25, -0.2) is 4.68 Å². The third-order valence-electron chi connectivity index (χ3n) is 4.40. The van der Waals surface area contributed by atoms with Crippen LogP contribution >= 0.6 is 0 Å². The van der Waals surface area contributed by atoms with Gasteiger partial charge in [0.15, 0.2) is 0 Å². The van der Waals surface area contributed by atoms with E-state index in [0.29, 0.717) is 43.9 Å². The summed E-state index contributed by atoms with van der Waals surface area (Å²) < 4.78 is 18.5. The summed E-state index contributed by atoms with van der Waals surface area (Å²) in [6, 6.07) is 0. The van der Waals surface area contributed by atoms with Gasteiger partial charge in [0.05, 0.1) is 45.3 Å². The summed E-state index contributed by atoms with van der Waals surface area (Å²) >= 11 is 0. The number of ether oxygens (including phenoxy) is 3. The molecule has 0 aliphatic heterocycles. The Bertz CT molecular complexity index is 504. The van der Waals surface area contributed by atoms with Gasteiger partial charge in [-0.1, -0.05) is 53.2 Å². The average Bonchev–Trinajstić information content (AvgIpc) is 3.02. The van der Waals surface area contributed by atoms with Crippen LogP contribution in [0.15, 0.2) is 6.20 Å². The first kappa shape index (κ1) is 25.1. The van der Waals surface area contributed by atoms with Crippen LogP contribution in [-0.2, 0) is 27.2 Å². The molecule has 28 heavy (non-hydrogen) atoms. The fourth-order valence-corrected chi connectivity index (χ4v) is 2.60. The van der Waals surface area contributed by atoms with Crippen LogP contribution in [0.25, 0.3) is 0 Å². The molecule has 0 atom stereocenters. The Labute approximate surface area is 172 Å². The molecule has 0 fully saturated rings. The number of aryl methyl sites for hydroxylation is 1. The van der Waals surface area contributed by atoms with Crippen molar-refractivity contribution in [3.8, 4) is 0 Å². The highest BCUT2D eigenvalue weighted by Gasteiger charge is 2.10. The molecule has 0 unspecified atom stereocenters. The Balaban J connectivity index is 1.93. The van der Waals surface area contributed by atoms with Gasteiger partial charge in [-0.2, -0.15) is 0 Å². The normalized spacial score (nSPS) is 12.6. The van der Waals surface area contributed by atoms with Crippen LogP contribution in [0, 0.1) is 10.8 Å². The molecule has 6 heteroatoms. The molecule has 0 saturated carbocycles. The summed E-state index contributed by atoms with van der Waals surface area (Å²) in [4.78, 5) is 0. The topological polar surface area (TPSA) is 58.4 Å². The lowest BCUT2D eigenvalue weighted by molar-refractivity contribution is 0.00881. The number of rotatable bonds is 15. The SMILES string of the molecule is CC(C)(C)CCCCc1cn(CCOCCOCCOCCC(C)(C)C)nn1. The minimum Gasteiger partial charge on any atom is -0.379 e. The fraction of sp³-hybridized carbons (Fsp3) is 0.909. The van der Waals surface area contributed by atoms with Crippen molar-refractivity contribution in [1.82, 2.24) is 15.0 Å². The Morgan fingerprint density at radius 3 is 1.93 bits per heavy atom. The number of unbranched alkanes of at least 4 members (excludes halogenated alkanes) is 1. The molecule has 0 aliphatic carbocycles. The van der Waals surface area contributed by atoms with Crippen molar-refractivity contribution in [2.24, 2.45) is 10.8 Å². The van der Waals surface area contributed by atoms with E-state index < -0.39 is 0 Å². The molecule has 0 bridgehead atoms. The Kier molecular flexibility index (Phi) is 11.9. The minimum atomic E-state index is 0.325. The lowest BCUT2D eigenvalue weighted by Crippen LogP contribution is -2.14. The van der Waals surface area contributed by atoms with Crippen molar-refractivity contribution in [3.63, 3.8) is 0 Å². The third kappa shape index (κ3) is 15.0. The summed E-state index contributed by atoms with van der Waals surface area (Å²) in [5, 5.41) is 8.42. The van der Waals surface area contributed by atoms with E-state index in [2.05, 4.69) is 51.9 Å². The van der Waals surface area contributed by atoms with E-state index >= 15 is 0 Å². The minimum absolute atomic E-state index is 0.325. The second-order valence-electron chi connectivity index (χ2n) is 9.89. The zero-order valence-electron chi connectivity index (χ0n) is 19.1. The highest BCUT2D eigenvalue weighted by Crippen LogP contribution is 2.22. The molecule has 1 aromatic heterocycles. The van der Waals surface area contributed by atoms with Gasteiger partial charge in [-0.05, 0) is 36.5 Å². The van der Waals surface area contributed by atoms with Gasteiger partial charge in [-0.15, -0.1) is 5.10 Å². The van der Waals surface area contributed by atoms with Gasteiger partial charge in [-0.3, -0.25) is 0 Å². The lowest BCUT2D eigenvalue weighted by Gasteiger charge is -2.17. The van der Waals surface area contributed by atoms with E-state index in [4.69, 9.17) is 14.2 Å². The van der Waals surface area contributed by atoms with Crippen molar-refractivity contribution < 1.29 is 14.2 Å². The third-order valence-corrected chi connectivity index (χ3v) is 4.40. The van der Waals surface area contributed by atoms with Gasteiger partial charge in [0.2, 0.25) is 0 Å². The molecule has 0 amide bonds. The molecule has 0 saturated heterocycles. The average molecular weight is 398 g/mol. The maximum absolute atomic E-state index is 5.60. The zero-order valence-corrected chi connectivity index (χ0v) is 19.1. The predicted molar refractivity (Wildman–Crippen MR) is 114 cm³/mol.